The summed E-state index contributed by atoms with van der Waals surface area (Å²) in [5, 5.41) is 5.84. The smallest absolute Gasteiger partial charge is 0.227 e. The van der Waals surface area contributed by atoms with Crippen molar-refractivity contribution in [3.63, 3.8) is 0 Å². The monoisotopic (exact) mass is 240 g/mol. The van der Waals surface area contributed by atoms with Gasteiger partial charge < -0.3 is 16.4 Å². The number of amides is 1. The van der Waals surface area contributed by atoms with Crippen LogP contribution >= 0.6 is 0 Å². The average Bonchev–Trinajstić information content (AvgIpc) is 2.78. The summed E-state index contributed by atoms with van der Waals surface area (Å²) in [6, 6.07) is 0.460. The Bertz CT molecular complexity index is 293. The lowest BCUT2D eigenvalue weighted by Crippen LogP contribution is -2.41. The molecule has 5 nitrogen and oxygen atoms in total. The summed E-state index contributed by atoms with van der Waals surface area (Å²) < 4.78 is 0. The van der Waals surface area contributed by atoms with Gasteiger partial charge in [-0.05, 0) is 26.7 Å². The Morgan fingerprint density at radius 1 is 1.41 bits per heavy atom. The lowest BCUT2D eigenvalue weighted by atomic mass is 9.93. The summed E-state index contributed by atoms with van der Waals surface area (Å²) in [4.78, 5) is 15.8. The largest absolute Gasteiger partial charge is 0.370 e. The van der Waals surface area contributed by atoms with Crippen molar-refractivity contribution in [1.29, 1.82) is 0 Å². The second-order valence-electron chi connectivity index (χ2n) is 5.29. The van der Waals surface area contributed by atoms with E-state index >= 15 is 0 Å². The Kier molecular flexibility index (Phi) is 4.78. The first-order chi connectivity index (χ1) is 7.95. The molecular weight excluding hydrogens is 216 g/mol. The number of aliphatic imine (C=N–C) groups is 1. The van der Waals surface area contributed by atoms with Crippen molar-refractivity contribution in [3.8, 4) is 0 Å². The van der Waals surface area contributed by atoms with Gasteiger partial charge in [-0.15, -0.1) is 0 Å². The van der Waals surface area contributed by atoms with E-state index in [2.05, 4.69) is 15.6 Å². The number of rotatable bonds is 4. The molecule has 0 saturated heterocycles. The fourth-order valence-corrected chi connectivity index (χ4v) is 2.02. The molecule has 1 fully saturated rings. The van der Waals surface area contributed by atoms with E-state index in [4.69, 9.17) is 5.73 Å². The van der Waals surface area contributed by atoms with Gasteiger partial charge in [0.25, 0.3) is 0 Å². The maximum absolute atomic E-state index is 11.5. The number of carbonyl (C=O) groups is 1. The van der Waals surface area contributed by atoms with E-state index in [0.29, 0.717) is 18.5 Å². The standard InChI is InChI=1S/C12H24N4O/c1-12(2,10(17)14-3)8-15-11(13)16-9-6-4-5-7-9/h9H,4-8H2,1-3H3,(H,14,17)(H3,13,15,16). The minimum atomic E-state index is -0.517. The van der Waals surface area contributed by atoms with Crippen molar-refractivity contribution >= 4 is 11.9 Å². The normalized spacial score (nSPS) is 18.2. The number of hydrogen-bond donors (Lipinski definition) is 3. The highest BCUT2D eigenvalue weighted by molar-refractivity contribution is 5.83. The van der Waals surface area contributed by atoms with Crippen LogP contribution in [0.15, 0.2) is 4.99 Å². The van der Waals surface area contributed by atoms with Gasteiger partial charge in [0, 0.05) is 13.1 Å². The topological polar surface area (TPSA) is 79.5 Å². The van der Waals surface area contributed by atoms with E-state index in [1.807, 2.05) is 13.8 Å². The average molecular weight is 240 g/mol. The van der Waals surface area contributed by atoms with Crippen LogP contribution in [0.3, 0.4) is 0 Å². The SMILES string of the molecule is CNC(=O)C(C)(C)CN=C(N)NC1CCCC1. The molecule has 0 radical (unpaired) electrons. The van der Waals surface area contributed by atoms with Crippen LogP contribution in [-0.2, 0) is 4.79 Å². The maximum atomic E-state index is 11.5. The molecule has 0 unspecified atom stereocenters. The molecule has 4 N–H and O–H groups in total. The van der Waals surface area contributed by atoms with E-state index in [9.17, 15) is 4.79 Å². The van der Waals surface area contributed by atoms with Gasteiger partial charge in [-0.3, -0.25) is 9.79 Å². The van der Waals surface area contributed by atoms with Gasteiger partial charge in [0.15, 0.2) is 5.96 Å². The Hall–Kier alpha value is -1.26. The summed E-state index contributed by atoms with van der Waals surface area (Å²) in [5.41, 5.74) is 5.29. The van der Waals surface area contributed by atoms with Crippen molar-refractivity contribution in [2.24, 2.45) is 16.1 Å². The highest BCUT2D eigenvalue weighted by Gasteiger charge is 2.26. The molecule has 0 aromatic rings. The van der Waals surface area contributed by atoms with Crippen LogP contribution < -0.4 is 16.4 Å². The zero-order valence-electron chi connectivity index (χ0n) is 11.0. The number of nitrogens with zero attached hydrogens (tertiary/aromatic N) is 1. The van der Waals surface area contributed by atoms with E-state index in [-0.39, 0.29) is 5.91 Å². The van der Waals surface area contributed by atoms with E-state index in [1.54, 1.807) is 7.05 Å². The van der Waals surface area contributed by atoms with E-state index < -0.39 is 5.41 Å². The summed E-state index contributed by atoms with van der Waals surface area (Å²) in [5.74, 6) is 0.434. The molecule has 0 spiro atoms. The Balaban J connectivity index is 2.43. The maximum Gasteiger partial charge on any atom is 0.227 e. The van der Waals surface area contributed by atoms with Crippen LogP contribution in [0.5, 0.6) is 0 Å². The van der Waals surface area contributed by atoms with Gasteiger partial charge in [-0.25, -0.2) is 0 Å². The molecule has 0 aromatic carbocycles. The fourth-order valence-electron chi connectivity index (χ4n) is 2.02. The first kappa shape index (κ1) is 13.8. The van der Waals surface area contributed by atoms with Crippen molar-refractivity contribution in [2.75, 3.05) is 13.6 Å². The fraction of sp³-hybridized carbons (Fsp3) is 0.833. The van der Waals surface area contributed by atoms with Crippen LogP contribution in [0.4, 0.5) is 0 Å². The zero-order chi connectivity index (χ0) is 12.9. The lowest BCUT2D eigenvalue weighted by molar-refractivity contribution is -0.128. The van der Waals surface area contributed by atoms with Crippen LogP contribution in [0.1, 0.15) is 39.5 Å². The predicted molar refractivity (Wildman–Crippen MR) is 69.7 cm³/mol. The van der Waals surface area contributed by atoms with Gasteiger partial charge in [-0.1, -0.05) is 12.8 Å². The Labute approximate surface area is 103 Å². The predicted octanol–water partition coefficient (Wildman–Crippen LogP) is 0.606. The summed E-state index contributed by atoms with van der Waals surface area (Å²) in [7, 11) is 1.63. The number of nitrogens with one attached hydrogen (secondary N) is 2. The van der Waals surface area contributed by atoms with Crippen molar-refractivity contribution < 1.29 is 4.79 Å². The lowest BCUT2D eigenvalue weighted by Gasteiger charge is -2.20. The third kappa shape index (κ3) is 4.24. The summed E-state index contributed by atoms with van der Waals surface area (Å²) >= 11 is 0. The van der Waals surface area contributed by atoms with Crippen LogP contribution in [0.2, 0.25) is 0 Å². The molecule has 1 amide bonds. The highest BCUT2D eigenvalue weighted by Crippen LogP contribution is 2.18. The second-order valence-corrected chi connectivity index (χ2v) is 5.29. The first-order valence-electron chi connectivity index (χ1n) is 6.24. The quantitative estimate of drug-likeness (QED) is 0.497. The minimum absolute atomic E-state index is 0.0186. The molecule has 17 heavy (non-hydrogen) atoms. The minimum Gasteiger partial charge on any atom is -0.370 e. The third-order valence-electron chi connectivity index (χ3n) is 3.19. The summed E-state index contributed by atoms with van der Waals surface area (Å²) in [6.45, 7) is 4.12. The van der Waals surface area contributed by atoms with Crippen molar-refractivity contribution in [2.45, 2.75) is 45.6 Å². The number of hydrogen-bond acceptors (Lipinski definition) is 2. The van der Waals surface area contributed by atoms with E-state index in [0.717, 1.165) is 12.8 Å². The molecule has 0 atom stereocenters. The highest BCUT2D eigenvalue weighted by atomic mass is 16.2. The molecule has 0 aromatic heterocycles. The van der Waals surface area contributed by atoms with E-state index in [1.165, 1.54) is 12.8 Å². The molecule has 0 bridgehead atoms. The van der Waals surface area contributed by atoms with Crippen LogP contribution in [-0.4, -0.2) is 31.5 Å². The van der Waals surface area contributed by atoms with Gasteiger partial charge in [0.2, 0.25) is 5.91 Å². The van der Waals surface area contributed by atoms with Gasteiger partial charge >= 0.3 is 0 Å². The third-order valence-corrected chi connectivity index (χ3v) is 3.19. The molecule has 1 aliphatic rings. The molecule has 1 aliphatic carbocycles. The second kappa shape index (κ2) is 5.89. The van der Waals surface area contributed by atoms with Crippen LogP contribution in [0.25, 0.3) is 0 Å². The van der Waals surface area contributed by atoms with Crippen LogP contribution in [0, 0.1) is 5.41 Å². The Morgan fingerprint density at radius 2 is 2.00 bits per heavy atom. The molecule has 0 aliphatic heterocycles. The number of guanidine groups is 1. The number of nitrogens with two attached hydrogens (primary N) is 1. The van der Waals surface area contributed by atoms with Crippen molar-refractivity contribution in [3.05, 3.63) is 0 Å². The molecular formula is C12H24N4O. The molecule has 5 heteroatoms. The zero-order valence-corrected chi connectivity index (χ0v) is 11.0. The number of carbonyl (C=O) groups excluding carboxylic acids is 1. The molecule has 98 valence electrons. The van der Waals surface area contributed by atoms with Gasteiger partial charge in [-0.2, -0.15) is 0 Å². The first-order valence-corrected chi connectivity index (χ1v) is 6.24. The Morgan fingerprint density at radius 3 is 2.53 bits per heavy atom. The molecule has 1 rings (SSSR count). The molecule has 1 saturated carbocycles. The van der Waals surface area contributed by atoms with Gasteiger partial charge in [0.05, 0.1) is 12.0 Å². The summed E-state index contributed by atoms with van der Waals surface area (Å²) in [6.07, 6.45) is 4.84. The van der Waals surface area contributed by atoms with Gasteiger partial charge in [0.1, 0.15) is 0 Å². The van der Waals surface area contributed by atoms with Crippen molar-refractivity contribution in [1.82, 2.24) is 10.6 Å². The molecule has 0 heterocycles.